The van der Waals surface area contributed by atoms with Crippen molar-refractivity contribution in [2.75, 3.05) is 0 Å². The molecule has 0 aliphatic rings. The summed E-state index contributed by atoms with van der Waals surface area (Å²) in [4.78, 5) is 11.5. The van der Waals surface area contributed by atoms with Crippen molar-refractivity contribution in [1.29, 1.82) is 0 Å². The number of amides is 1. The summed E-state index contributed by atoms with van der Waals surface area (Å²) >= 11 is 3.14. The number of carbonyl (C=O) groups is 1. The highest BCUT2D eigenvalue weighted by Gasteiger charge is 2.42. The van der Waals surface area contributed by atoms with Gasteiger partial charge in [-0.2, -0.15) is 13.2 Å². The summed E-state index contributed by atoms with van der Waals surface area (Å²) in [7, 11) is 0. The molecular formula is C13H15BrF3NO2. The van der Waals surface area contributed by atoms with Crippen molar-refractivity contribution in [3.05, 3.63) is 34.3 Å². The molecule has 0 bridgehead atoms. The number of carbonyl (C=O) groups excluding carboxylic acids is 1. The van der Waals surface area contributed by atoms with Gasteiger partial charge in [0.1, 0.15) is 5.60 Å². The van der Waals surface area contributed by atoms with E-state index in [0.29, 0.717) is 4.47 Å². The van der Waals surface area contributed by atoms with E-state index < -0.39 is 23.9 Å². The molecule has 3 nitrogen and oxygen atoms in total. The van der Waals surface area contributed by atoms with E-state index in [-0.39, 0.29) is 5.56 Å². The van der Waals surface area contributed by atoms with E-state index in [1.54, 1.807) is 20.8 Å². The number of ether oxygens (including phenoxy) is 1. The molecule has 112 valence electrons. The molecule has 0 radical (unpaired) electrons. The van der Waals surface area contributed by atoms with Crippen LogP contribution in [-0.2, 0) is 4.74 Å². The molecule has 7 heteroatoms. The van der Waals surface area contributed by atoms with E-state index in [0.717, 1.165) is 0 Å². The van der Waals surface area contributed by atoms with E-state index >= 15 is 0 Å². The minimum absolute atomic E-state index is 0.0634. The van der Waals surface area contributed by atoms with Gasteiger partial charge in [-0.1, -0.05) is 28.1 Å². The van der Waals surface area contributed by atoms with Crippen LogP contribution < -0.4 is 5.32 Å². The van der Waals surface area contributed by atoms with Crippen LogP contribution in [0, 0.1) is 0 Å². The smallest absolute Gasteiger partial charge is 0.412 e. The van der Waals surface area contributed by atoms with Gasteiger partial charge in [0, 0.05) is 4.47 Å². The molecule has 0 aliphatic heterocycles. The van der Waals surface area contributed by atoms with Gasteiger partial charge in [0.2, 0.25) is 0 Å². The summed E-state index contributed by atoms with van der Waals surface area (Å²) in [6.45, 7) is 4.73. The average Bonchev–Trinajstić information content (AvgIpc) is 2.23. The Bertz CT molecular complexity index is 466. The number of alkyl halides is 3. The van der Waals surface area contributed by atoms with Crippen molar-refractivity contribution >= 4 is 22.0 Å². The van der Waals surface area contributed by atoms with Crippen LogP contribution in [0.4, 0.5) is 18.0 Å². The largest absolute Gasteiger partial charge is 0.444 e. The summed E-state index contributed by atoms with van der Waals surface area (Å²) < 4.78 is 44.6. The van der Waals surface area contributed by atoms with Gasteiger partial charge >= 0.3 is 12.3 Å². The first-order chi connectivity index (χ1) is 8.99. The molecule has 0 saturated heterocycles. The molecule has 0 heterocycles. The van der Waals surface area contributed by atoms with Crippen LogP contribution in [0.15, 0.2) is 28.7 Å². The van der Waals surface area contributed by atoms with Crippen molar-refractivity contribution in [3.63, 3.8) is 0 Å². The van der Waals surface area contributed by atoms with Crippen molar-refractivity contribution in [3.8, 4) is 0 Å². The molecule has 0 spiro atoms. The Morgan fingerprint density at radius 1 is 1.20 bits per heavy atom. The number of hydrogen-bond acceptors (Lipinski definition) is 2. The predicted octanol–water partition coefficient (Wildman–Crippen LogP) is 4.58. The number of nitrogens with one attached hydrogen (secondary N) is 1. The van der Waals surface area contributed by atoms with Crippen molar-refractivity contribution in [2.45, 2.75) is 38.6 Å². The van der Waals surface area contributed by atoms with Gasteiger partial charge in [0.05, 0.1) is 0 Å². The van der Waals surface area contributed by atoms with E-state index in [9.17, 15) is 18.0 Å². The average molecular weight is 354 g/mol. The zero-order chi connectivity index (χ0) is 15.6. The second-order valence-corrected chi connectivity index (χ2v) is 6.09. The zero-order valence-corrected chi connectivity index (χ0v) is 12.8. The maximum atomic E-state index is 13.0. The summed E-state index contributed by atoms with van der Waals surface area (Å²) in [6, 6.07) is 3.43. The normalized spacial score (nSPS) is 13.8. The van der Waals surface area contributed by atoms with Crippen molar-refractivity contribution < 1.29 is 22.7 Å². The van der Waals surface area contributed by atoms with Crippen LogP contribution in [0.2, 0.25) is 0 Å². The number of alkyl carbamates (subject to hydrolysis) is 1. The lowest BCUT2D eigenvalue weighted by Crippen LogP contribution is -2.41. The predicted molar refractivity (Wildman–Crippen MR) is 72.3 cm³/mol. The van der Waals surface area contributed by atoms with Gasteiger partial charge in [-0.05, 0) is 38.5 Å². The van der Waals surface area contributed by atoms with Crippen LogP contribution in [0.25, 0.3) is 0 Å². The number of benzene rings is 1. The lowest BCUT2D eigenvalue weighted by Gasteiger charge is -2.25. The fourth-order valence-corrected chi connectivity index (χ4v) is 1.70. The summed E-state index contributed by atoms with van der Waals surface area (Å²) in [5.74, 6) is 0. The van der Waals surface area contributed by atoms with Gasteiger partial charge in [0.25, 0.3) is 0 Å². The summed E-state index contributed by atoms with van der Waals surface area (Å²) in [5, 5.41) is 1.85. The van der Waals surface area contributed by atoms with Gasteiger partial charge in [-0.15, -0.1) is 0 Å². The molecule has 1 aromatic carbocycles. The van der Waals surface area contributed by atoms with E-state index in [2.05, 4.69) is 15.9 Å². The first-order valence-electron chi connectivity index (χ1n) is 5.81. The fourth-order valence-electron chi connectivity index (χ4n) is 1.43. The Morgan fingerprint density at radius 2 is 1.70 bits per heavy atom. The quantitative estimate of drug-likeness (QED) is 0.845. The Balaban J connectivity index is 2.92. The molecule has 0 fully saturated rings. The molecule has 0 aliphatic carbocycles. The maximum Gasteiger partial charge on any atom is 0.412 e. The van der Waals surface area contributed by atoms with E-state index in [1.165, 1.54) is 24.3 Å². The van der Waals surface area contributed by atoms with Gasteiger partial charge in [0.15, 0.2) is 6.04 Å². The topological polar surface area (TPSA) is 38.3 Å². The third-order valence-corrected chi connectivity index (χ3v) is 2.72. The Labute approximate surface area is 123 Å². The van der Waals surface area contributed by atoms with Crippen molar-refractivity contribution in [2.24, 2.45) is 0 Å². The minimum Gasteiger partial charge on any atom is -0.444 e. The zero-order valence-electron chi connectivity index (χ0n) is 11.2. The van der Waals surface area contributed by atoms with Crippen LogP contribution in [0.1, 0.15) is 32.4 Å². The molecule has 1 atom stereocenters. The lowest BCUT2D eigenvalue weighted by molar-refractivity contribution is -0.156. The summed E-state index contributed by atoms with van der Waals surface area (Å²) in [6.07, 6.45) is -5.71. The second-order valence-electron chi connectivity index (χ2n) is 5.17. The Morgan fingerprint density at radius 3 is 2.10 bits per heavy atom. The van der Waals surface area contributed by atoms with Gasteiger partial charge < -0.3 is 10.1 Å². The maximum absolute atomic E-state index is 13.0. The van der Waals surface area contributed by atoms with Crippen LogP contribution in [0.5, 0.6) is 0 Å². The first kappa shape index (κ1) is 16.8. The van der Waals surface area contributed by atoms with Crippen LogP contribution in [0.3, 0.4) is 0 Å². The van der Waals surface area contributed by atoms with Crippen LogP contribution >= 0.6 is 15.9 Å². The Hall–Kier alpha value is -1.24. The monoisotopic (exact) mass is 353 g/mol. The highest BCUT2D eigenvalue weighted by atomic mass is 79.9. The third-order valence-electron chi connectivity index (χ3n) is 2.19. The highest BCUT2D eigenvalue weighted by molar-refractivity contribution is 9.10. The van der Waals surface area contributed by atoms with E-state index in [4.69, 9.17) is 4.74 Å². The van der Waals surface area contributed by atoms with Gasteiger partial charge in [-0.3, -0.25) is 0 Å². The van der Waals surface area contributed by atoms with E-state index in [1.807, 2.05) is 5.32 Å². The standard InChI is InChI=1S/C13H15BrF3NO2/c1-12(2,3)20-11(19)18-10(13(15,16)17)8-4-6-9(14)7-5-8/h4-7,10H,1-3H3,(H,18,19)/t10-/m1/s1. The summed E-state index contributed by atoms with van der Waals surface area (Å²) in [5.41, 5.74) is -0.925. The highest BCUT2D eigenvalue weighted by Crippen LogP contribution is 2.33. The molecule has 1 rings (SSSR count). The number of hydrogen-bond donors (Lipinski definition) is 1. The second kappa shape index (κ2) is 6.03. The lowest BCUT2D eigenvalue weighted by atomic mass is 10.1. The van der Waals surface area contributed by atoms with Gasteiger partial charge in [-0.25, -0.2) is 4.79 Å². The molecule has 0 unspecified atom stereocenters. The molecule has 1 N–H and O–H groups in total. The number of halogens is 4. The van der Waals surface area contributed by atoms with Crippen LogP contribution in [-0.4, -0.2) is 17.9 Å². The first-order valence-corrected chi connectivity index (χ1v) is 6.60. The molecule has 0 saturated carbocycles. The third kappa shape index (κ3) is 5.40. The fraction of sp³-hybridized carbons (Fsp3) is 0.462. The molecule has 20 heavy (non-hydrogen) atoms. The molecule has 1 aromatic rings. The molecule has 0 aromatic heterocycles. The Kier molecular flexibility index (Phi) is 5.07. The van der Waals surface area contributed by atoms with Crippen molar-refractivity contribution in [1.82, 2.24) is 5.32 Å². The SMILES string of the molecule is CC(C)(C)OC(=O)N[C@H](c1ccc(Br)cc1)C(F)(F)F. The number of rotatable bonds is 2. The molecule has 1 amide bonds. The minimum atomic E-state index is -4.61. The molecular weight excluding hydrogens is 339 g/mol.